The van der Waals surface area contributed by atoms with Crippen LogP contribution in [0.15, 0.2) is 12.4 Å². The molecule has 0 saturated carbocycles. The zero-order chi connectivity index (χ0) is 15.4. The molecule has 21 heavy (non-hydrogen) atoms. The molecule has 1 fully saturated rings. The highest BCUT2D eigenvalue weighted by atomic mass is 16.6. The predicted molar refractivity (Wildman–Crippen MR) is 70.5 cm³/mol. The van der Waals surface area contributed by atoms with Gasteiger partial charge in [-0.25, -0.2) is 4.79 Å². The number of nitrogens with zero attached hydrogens (tertiary/aromatic N) is 4. The van der Waals surface area contributed by atoms with Gasteiger partial charge in [-0.05, 0) is 19.3 Å². The van der Waals surface area contributed by atoms with Crippen LogP contribution in [0.2, 0.25) is 0 Å². The van der Waals surface area contributed by atoms with Gasteiger partial charge in [0.15, 0.2) is 0 Å². The summed E-state index contributed by atoms with van der Waals surface area (Å²) < 4.78 is 1.32. The van der Waals surface area contributed by atoms with Crippen LogP contribution >= 0.6 is 0 Å². The Morgan fingerprint density at radius 1 is 1.48 bits per heavy atom. The fourth-order valence-electron chi connectivity index (χ4n) is 2.41. The molecule has 9 heteroatoms. The molecule has 0 aromatic carbocycles. The number of carboxylic acid groups (broad SMARTS) is 1. The van der Waals surface area contributed by atoms with E-state index in [1.807, 2.05) is 0 Å². The van der Waals surface area contributed by atoms with E-state index >= 15 is 0 Å². The second-order valence-electron chi connectivity index (χ2n) is 4.91. The minimum Gasteiger partial charge on any atom is -0.480 e. The van der Waals surface area contributed by atoms with Gasteiger partial charge in [-0.15, -0.1) is 0 Å². The smallest absolute Gasteiger partial charge is 0.326 e. The number of hydrogen-bond donors (Lipinski definition) is 1. The van der Waals surface area contributed by atoms with Crippen molar-refractivity contribution in [3.8, 4) is 0 Å². The van der Waals surface area contributed by atoms with Gasteiger partial charge in [-0.1, -0.05) is 0 Å². The third kappa shape index (κ3) is 3.56. The van der Waals surface area contributed by atoms with E-state index in [1.165, 1.54) is 15.8 Å². The highest BCUT2D eigenvalue weighted by Crippen LogP contribution is 2.18. The maximum atomic E-state index is 12.1. The molecule has 1 N–H and O–H groups in total. The number of nitro groups is 1. The number of aliphatic carboxylic acids is 1. The van der Waals surface area contributed by atoms with Crippen molar-refractivity contribution >= 4 is 17.6 Å². The first-order valence-corrected chi connectivity index (χ1v) is 6.68. The summed E-state index contributed by atoms with van der Waals surface area (Å²) >= 11 is 0. The van der Waals surface area contributed by atoms with Gasteiger partial charge in [0.25, 0.3) is 0 Å². The number of aryl methyl sites for hydroxylation is 1. The van der Waals surface area contributed by atoms with E-state index in [0.717, 1.165) is 19.0 Å². The third-order valence-corrected chi connectivity index (χ3v) is 3.49. The van der Waals surface area contributed by atoms with Crippen LogP contribution < -0.4 is 0 Å². The Kier molecular flexibility index (Phi) is 4.51. The summed E-state index contributed by atoms with van der Waals surface area (Å²) in [5, 5.41) is 23.4. The summed E-state index contributed by atoms with van der Waals surface area (Å²) in [4.78, 5) is 34.6. The lowest BCUT2D eigenvalue weighted by atomic mass is 10.0. The van der Waals surface area contributed by atoms with E-state index in [9.17, 15) is 19.7 Å². The summed E-state index contributed by atoms with van der Waals surface area (Å²) in [6.07, 6.45) is 4.50. The maximum Gasteiger partial charge on any atom is 0.326 e. The molecule has 114 valence electrons. The number of aromatic nitrogens is 2. The monoisotopic (exact) mass is 296 g/mol. The zero-order valence-corrected chi connectivity index (χ0v) is 11.3. The van der Waals surface area contributed by atoms with E-state index in [0.29, 0.717) is 13.0 Å². The highest BCUT2D eigenvalue weighted by molar-refractivity contribution is 5.83. The van der Waals surface area contributed by atoms with Gasteiger partial charge in [-0.2, -0.15) is 5.10 Å². The van der Waals surface area contributed by atoms with Crippen molar-refractivity contribution in [1.29, 1.82) is 0 Å². The van der Waals surface area contributed by atoms with Crippen LogP contribution in [0.25, 0.3) is 0 Å². The van der Waals surface area contributed by atoms with Crippen LogP contribution in [0.4, 0.5) is 5.69 Å². The largest absolute Gasteiger partial charge is 0.480 e. The molecular weight excluding hydrogens is 280 g/mol. The normalized spacial score (nSPS) is 18.5. The van der Waals surface area contributed by atoms with Crippen LogP contribution in [-0.2, 0) is 16.1 Å². The van der Waals surface area contributed by atoms with Gasteiger partial charge in [0.2, 0.25) is 5.91 Å². The summed E-state index contributed by atoms with van der Waals surface area (Å²) in [6.45, 7) is 0.630. The molecule has 1 atom stereocenters. The Morgan fingerprint density at radius 2 is 2.24 bits per heavy atom. The van der Waals surface area contributed by atoms with E-state index < -0.39 is 16.9 Å². The van der Waals surface area contributed by atoms with Crippen LogP contribution in [0.5, 0.6) is 0 Å². The van der Waals surface area contributed by atoms with Crippen molar-refractivity contribution in [3.63, 3.8) is 0 Å². The lowest BCUT2D eigenvalue weighted by molar-refractivity contribution is -0.385. The molecular formula is C12H16N4O5. The van der Waals surface area contributed by atoms with Gasteiger partial charge >= 0.3 is 11.7 Å². The SMILES string of the molecule is O=C(O)C1CCCCN1C(=O)CCn1cc([N+](=O)[O-])cn1. The molecule has 1 aromatic rings. The average Bonchev–Trinajstić information content (AvgIpc) is 2.94. The molecule has 0 bridgehead atoms. The third-order valence-electron chi connectivity index (χ3n) is 3.49. The Bertz CT molecular complexity index is 556. The quantitative estimate of drug-likeness (QED) is 0.629. The molecule has 0 aliphatic carbocycles. The number of carbonyl (C=O) groups excluding carboxylic acids is 1. The number of carboxylic acids is 1. The molecule has 1 aliphatic rings. The van der Waals surface area contributed by atoms with Crippen molar-refractivity contribution in [3.05, 3.63) is 22.5 Å². The first-order chi connectivity index (χ1) is 9.99. The fourth-order valence-corrected chi connectivity index (χ4v) is 2.41. The molecule has 2 rings (SSSR count). The maximum absolute atomic E-state index is 12.1. The number of carbonyl (C=O) groups is 2. The lowest BCUT2D eigenvalue weighted by Gasteiger charge is -2.33. The van der Waals surface area contributed by atoms with Crippen LogP contribution in [0.1, 0.15) is 25.7 Å². The lowest BCUT2D eigenvalue weighted by Crippen LogP contribution is -2.48. The number of likely N-dealkylation sites (tertiary alicyclic amines) is 1. The van der Waals surface area contributed by atoms with Crippen LogP contribution in [-0.4, -0.2) is 49.2 Å². The Hall–Kier alpha value is -2.45. The molecule has 1 aliphatic heterocycles. The number of hydrogen-bond acceptors (Lipinski definition) is 5. The van der Waals surface area contributed by atoms with Crippen molar-refractivity contribution in [2.24, 2.45) is 0 Å². The summed E-state index contributed by atoms with van der Waals surface area (Å²) in [5.41, 5.74) is -0.135. The van der Waals surface area contributed by atoms with Crippen LogP contribution in [0, 0.1) is 10.1 Å². The van der Waals surface area contributed by atoms with E-state index in [-0.39, 0.29) is 24.6 Å². The molecule has 1 unspecified atom stereocenters. The van der Waals surface area contributed by atoms with Gasteiger partial charge in [0.1, 0.15) is 18.4 Å². The Balaban J connectivity index is 1.93. The van der Waals surface area contributed by atoms with Crippen molar-refractivity contribution in [2.45, 2.75) is 38.3 Å². The molecule has 9 nitrogen and oxygen atoms in total. The molecule has 2 heterocycles. The van der Waals surface area contributed by atoms with Crippen LogP contribution in [0.3, 0.4) is 0 Å². The van der Waals surface area contributed by atoms with E-state index in [4.69, 9.17) is 5.11 Å². The fraction of sp³-hybridized carbons (Fsp3) is 0.583. The minimum atomic E-state index is -0.988. The molecule has 0 spiro atoms. The van der Waals surface area contributed by atoms with Crippen molar-refractivity contribution < 1.29 is 19.6 Å². The Morgan fingerprint density at radius 3 is 2.86 bits per heavy atom. The van der Waals surface area contributed by atoms with Gasteiger partial charge in [0, 0.05) is 19.5 Å². The summed E-state index contributed by atoms with van der Waals surface area (Å²) in [6, 6.07) is -0.766. The first kappa shape index (κ1) is 14.9. The average molecular weight is 296 g/mol. The number of amides is 1. The van der Waals surface area contributed by atoms with Gasteiger partial charge in [0.05, 0.1) is 4.92 Å². The topological polar surface area (TPSA) is 119 Å². The van der Waals surface area contributed by atoms with Crippen molar-refractivity contribution in [2.75, 3.05) is 6.54 Å². The number of rotatable bonds is 5. The second-order valence-corrected chi connectivity index (χ2v) is 4.91. The summed E-state index contributed by atoms with van der Waals surface area (Å²) in [7, 11) is 0. The van der Waals surface area contributed by atoms with E-state index in [1.54, 1.807) is 0 Å². The van der Waals surface area contributed by atoms with Gasteiger partial charge < -0.3 is 10.0 Å². The molecule has 0 radical (unpaired) electrons. The molecule has 1 amide bonds. The molecule has 1 saturated heterocycles. The highest BCUT2D eigenvalue weighted by Gasteiger charge is 2.31. The zero-order valence-electron chi connectivity index (χ0n) is 11.3. The second kappa shape index (κ2) is 6.33. The van der Waals surface area contributed by atoms with E-state index in [2.05, 4.69) is 5.10 Å². The minimum absolute atomic E-state index is 0.0720. The summed E-state index contributed by atoms with van der Waals surface area (Å²) in [5.74, 6) is -1.25. The number of piperidine rings is 1. The van der Waals surface area contributed by atoms with Crippen molar-refractivity contribution in [1.82, 2.24) is 14.7 Å². The standard InChI is InChI=1S/C12H16N4O5/c17-11(15-5-2-1-3-10(15)12(18)19)4-6-14-8-9(7-13-14)16(20)21/h7-8,10H,1-6H2,(H,18,19). The predicted octanol–water partition coefficient (Wildman–Crippen LogP) is 0.647. The first-order valence-electron chi connectivity index (χ1n) is 6.68. The Labute approximate surface area is 120 Å². The van der Waals surface area contributed by atoms with Gasteiger partial charge in [-0.3, -0.25) is 19.6 Å². The molecule has 1 aromatic heterocycles.